The van der Waals surface area contributed by atoms with Crippen molar-refractivity contribution < 1.29 is 9.13 Å². The molecular formula is C13H16BrFO. The first-order valence-corrected chi connectivity index (χ1v) is 6.43. The van der Waals surface area contributed by atoms with Crippen LogP contribution in [-0.2, 0) is 10.4 Å². The molecular weight excluding hydrogens is 271 g/mol. The van der Waals surface area contributed by atoms with Gasteiger partial charge in [-0.05, 0) is 25.8 Å². The molecule has 1 nitrogen and oxygen atoms in total. The number of rotatable bonds is 2. The van der Waals surface area contributed by atoms with Gasteiger partial charge in [-0.25, -0.2) is 4.39 Å². The first kappa shape index (κ1) is 12.1. The Labute approximate surface area is 104 Å². The van der Waals surface area contributed by atoms with Crippen LogP contribution in [0.1, 0.15) is 25.3 Å². The Morgan fingerprint density at radius 3 is 2.56 bits per heavy atom. The lowest BCUT2D eigenvalue weighted by atomic mass is 9.80. The third-order valence-electron chi connectivity index (χ3n) is 3.39. The molecule has 0 radical (unpaired) electrons. The molecule has 1 fully saturated rings. The average Bonchev–Trinajstić information content (AvgIpc) is 2.30. The van der Waals surface area contributed by atoms with Gasteiger partial charge in [0.25, 0.3) is 0 Å². The third kappa shape index (κ3) is 2.30. The van der Waals surface area contributed by atoms with Crippen molar-refractivity contribution >= 4 is 15.9 Å². The van der Waals surface area contributed by atoms with E-state index in [1.54, 1.807) is 6.92 Å². The van der Waals surface area contributed by atoms with Crippen molar-refractivity contribution in [1.29, 1.82) is 0 Å². The van der Waals surface area contributed by atoms with Crippen LogP contribution in [0.25, 0.3) is 0 Å². The van der Waals surface area contributed by atoms with Crippen molar-refractivity contribution in [2.24, 2.45) is 5.92 Å². The van der Waals surface area contributed by atoms with Gasteiger partial charge in [0.1, 0.15) is 5.67 Å². The number of ether oxygens (including phenoxy) is 1. The maximum Gasteiger partial charge on any atom is 0.137 e. The smallest absolute Gasteiger partial charge is 0.137 e. The molecule has 1 saturated heterocycles. The van der Waals surface area contributed by atoms with Crippen LogP contribution in [0.2, 0.25) is 0 Å². The number of alkyl halides is 1. The summed E-state index contributed by atoms with van der Waals surface area (Å²) >= 11 is 3.43. The van der Waals surface area contributed by atoms with Gasteiger partial charge in [-0.3, -0.25) is 0 Å². The quantitative estimate of drug-likeness (QED) is 0.797. The van der Waals surface area contributed by atoms with Gasteiger partial charge >= 0.3 is 0 Å². The van der Waals surface area contributed by atoms with Gasteiger partial charge in [0.2, 0.25) is 0 Å². The number of benzene rings is 1. The fraction of sp³-hybridized carbons (Fsp3) is 0.538. The molecule has 1 unspecified atom stereocenters. The van der Waals surface area contributed by atoms with Crippen LogP contribution in [0.5, 0.6) is 0 Å². The van der Waals surface area contributed by atoms with E-state index in [1.165, 1.54) is 0 Å². The summed E-state index contributed by atoms with van der Waals surface area (Å²) < 4.78 is 21.0. The van der Waals surface area contributed by atoms with Crippen molar-refractivity contribution in [3.8, 4) is 0 Å². The third-order valence-corrected chi connectivity index (χ3v) is 4.08. The average molecular weight is 287 g/mol. The fourth-order valence-electron chi connectivity index (χ4n) is 2.32. The maximum absolute atomic E-state index is 14.9. The molecule has 3 heteroatoms. The lowest BCUT2D eigenvalue weighted by molar-refractivity contribution is -0.00531. The van der Waals surface area contributed by atoms with Crippen LogP contribution in [-0.4, -0.2) is 13.2 Å². The Bertz CT molecular complexity index is 359. The summed E-state index contributed by atoms with van der Waals surface area (Å²) in [4.78, 5) is 0. The van der Waals surface area contributed by atoms with Crippen LogP contribution >= 0.6 is 15.9 Å². The largest absolute Gasteiger partial charge is 0.381 e. The van der Waals surface area contributed by atoms with E-state index in [2.05, 4.69) is 15.9 Å². The molecule has 0 aliphatic carbocycles. The number of hydrogen-bond donors (Lipinski definition) is 0. The van der Waals surface area contributed by atoms with Crippen LogP contribution in [0.4, 0.5) is 4.39 Å². The molecule has 0 N–H and O–H groups in total. The minimum absolute atomic E-state index is 0.0555. The molecule has 0 aromatic heterocycles. The minimum Gasteiger partial charge on any atom is -0.381 e. The van der Waals surface area contributed by atoms with Gasteiger partial charge in [-0.15, -0.1) is 0 Å². The van der Waals surface area contributed by atoms with E-state index in [1.807, 2.05) is 24.3 Å². The molecule has 1 aromatic carbocycles. The van der Waals surface area contributed by atoms with Gasteiger partial charge in [-0.2, -0.15) is 0 Å². The van der Waals surface area contributed by atoms with E-state index in [4.69, 9.17) is 4.74 Å². The Morgan fingerprint density at radius 1 is 1.31 bits per heavy atom. The second-order valence-corrected chi connectivity index (χ2v) is 5.30. The molecule has 0 amide bonds. The molecule has 88 valence electrons. The highest BCUT2D eigenvalue weighted by molar-refractivity contribution is 9.10. The lowest BCUT2D eigenvalue weighted by Crippen LogP contribution is -2.32. The summed E-state index contributed by atoms with van der Waals surface area (Å²) in [5, 5.41) is 0. The van der Waals surface area contributed by atoms with Gasteiger partial charge in [0.05, 0.1) is 0 Å². The van der Waals surface area contributed by atoms with E-state index in [0.717, 1.165) is 22.9 Å². The van der Waals surface area contributed by atoms with Crippen molar-refractivity contribution in [2.45, 2.75) is 25.4 Å². The van der Waals surface area contributed by atoms with Crippen molar-refractivity contribution in [3.63, 3.8) is 0 Å². The SMILES string of the molecule is CC(F)(c1ccccc1Br)C1CCOCC1. The standard InChI is InChI=1S/C13H16BrFO/c1-13(15,10-6-8-16-9-7-10)11-4-2-3-5-12(11)14/h2-5,10H,6-9H2,1H3. The minimum atomic E-state index is -1.27. The highest BCUT2D eigenvalue weighted by atomic mass is 79.9. The highest BCUT2D eigenvalue weighted by Gasteiger charge is 2.38. The van der Waals surface area contributed by atoms with Crippen molar-refractivity contribution in [2.75, 3.05) is 13.2 Å². The molecule has 1 atom stereocenters. The van der Waals surface area contributed by atoms with Crippen LogP contribution in [0, 0.1) is 5.92 Å². The highest BCUT2D eigenvalue weighted by Crippen LogP contribution is 2.41. The normalized spacial score (nSPS) is 21.7. The monoisotopic (exact) mass is 286 g/mol. The summed E-state index contributed by atoms with van der Waals surface area (Å²) in [6, 6.07) is 7.55. The molecule has 0 bridgehead atoms. The van der Waals surface area contributed by atoms with E-state index in [-0.39, 0.29) is 5.92 Å². The van der Waals surface area contributed by atoms with E-state index in [9.17, 15) is 4.39 Å². The van der Waals surface area contributed by atoms with Gasteiger partial charge in [0.15, 0.2) is 0 Å². The first-order chi connectivity index (χ1) is 7.62. The molecule has 1 aliphatic rings. The zero-order valence-electron chi connectivity index (χ0n) is 9.38. The number of hydrogen-bond acceptors (Lipinski definition) is 1. The fourth-order valence-corrected chi connectivity index (χ4v) is 2.99. The molecule has 1 aromatic rings. The Balaban J connectivity index is 2.26. The van der Waals surface area contributed by atoms with Crippen LogP contribution in [0.15, 0.2) is 28.7 Å². The first-order valence-electron chi connectivity index (χ1n) is 5.64. The molecule has 16 heavy (non-hydrogen) atoms. The summed E-state index contributed by atoms with van der Waals surface area (Å²) in [7, 11) is 0. The predicted molar refractivity (Wildman–Crippen MR) is 66.1 cm³/mol. The topological polar surface area (TPSA) is 9.23 Å². The molecule has 0 spiro atoms. The lowest BCUT2D eigenvalue weighted by Gasteiger charge is -2.34. The van der Waals surface area contributed by atoms with Gasteiger partial charge < -0.3 is 4.74 Å². The molecule has 1 aliphatic heterocycles. The summed E-state index contributed by atoms with van der Waals surface area (Å²) in [6.45, 7) is 3.03. The number of halogens is 2. The maximum atomic E-state index is 14.9. The summed E-state index contributed by atoms with van der Waals surface area (Å²) in [5.41, 5.74) is -0.522. The second kappa shape index (κ2) is 4.84. The molecule has 2 rings (SSSR count). The second-order valence-electron chi connectivity index (χ2n) is 4.44. The Morgan fingerprint density at radius 2 is 1.94 bits per heavy atom. The zero-order chi connectivity index (χ0) is 11.6. The van der Waals surface area contributed by atoms with E-state index in [0.29, 0.717) is 13.2 Å². The van der Waals surface area contributed by atoms with Crippen molar-refractivity contribution in [3.05, 3.63) is 34.3 Å². The van der Waals surface area contributed by atoms with Crippen molar-refractivity contribution in [1.82, 2.24) is 0 Å². The van der Waals surface area contributed by atoms with E-state index >= 15 is 0 Å². The summed E-state index contributed by atoms with van der Waals surface area (Å²) in [5.74, 6) is 0.0555. The van der Waals surface area contributed by atoms with E-state index < -0.39 is 5.67 Å². The zero-order valence-corrected chi connectivity index (χ0v) is 11.0. The predicted octanol–water partition coefficient (Wildman–Crippen LogP) is 4.06. The molecule has 0 saturated carbocycles. The van der Waals surface area contributed by atoms with Gasteiger partial charge in [0, 0.05) is 29.2 Å². The van der Waals surface area contributed by atoms with Crippen LogP contribution in [0.3, 0.4) is 0 Å². The Kier molecular flexibility index (Phi) is 3.65. The molecule has 1 heterocycles. The van der Waals surface area contributed by atoms with Crippen LogP contribution < -0.4 is 0 Å². The Hall–Kier alpha value is -0.410. The summed E-state index contributed by atoms with van der Waals surface area (Å²) in [6.07, 6.45) is 1.60. The van der Waals surface area contributed by atoms with Gasteiger partial charge in [-0.1, -0.05) is 34.1 Å².